The maximum absolute atomic E-state index is 13.5. The molecule has 0 amide bonds. The molecule has 2 rings (SSSR count). The number of rotatable bonds is 7. The third kappa shape index (κ3) is 5.19. The van der Waals surface area contributed by atoms with Gasteiger partial charge in [0.15, 0.2) is 15.7 Å². The first-order valence-corrected chi connectivity index (χ1v) is 8.80. The molecular weight excluding hydrogens is 309 g/mol. The van der Waals surface area contributed by atoms with E-state index >= 15 is 0 Å². The third-order valence-corrected chi connectivity index (χ3v) is 3.81. The van der Waals surface area contributed by atoms with Crippen LogP contribution in [-0.2, 0) is 28.6 Å². The van der Waals surface area contributed by atoms with Gasteiger partial charge in [-0.25, -0.2) is 12.8 Å². The average Bonchev–Trinajstić information content (AvgIpc) is 2.82. The predicted octanol–water partition coefficient (Wildman–Crippen LogP) is 1.43. The van der Waals surface area contributed by atoms with E-state index in [0.717, 1.165) is 6.26 Å². The Balaban J connectivity index is 1.87. The van der Waals surface area contributed by atoms with Crippen molar-refractivity contribution in [2.24, 2.45) is 0 Å². The highest BCUT2D eigenvalue weighted by Gasteiger charge is 2.13. The van der Waals surface area contributed by atoms with Gasteiger partial charge >= 0.3 is 0 Å². The van der Waals surface area contributed by atoms with Crippen LogP contribution in [0.1, 0.15) is 17.3 Å². The molecule has 0 aliphatic heterocycles. The van der Waals surface area contributed by atoms with E-state index in [-0.39, 0.29) is 17.4 Å². The van der Waals surface area contributed by atoms with Crippen LogP contribution in [-0.4, -0.2) is 43.3 Å². The van der Waals surface area contributed by atoms with Crippen LogP contribution in [0.5, 0.6) is 0 Å². The van der Waals surface area contributed by atoms with Crippen LogP contribution in [0.2, 0.25) is 0 Å². The molecular formula is C14H18FN3O3S. The normalized spacial score (nSPS) is 12.0. The number of sulfone groups is 1. The highest BCUT2D eigenvalue weighted by atomic mass is 32.2. The zero-order valence-corrected chi connectivity index (χ0v) is 13.3. The van der Waals surface area contributed by atoms with E-state index in [2.05, 4.69) is 10.1 Å². The van der Waals surface area contributed by atoms with Gasteiger partial charge in [-0.2, -0.15) is 4.98 Å². The fourth-order valence-corrected chi connectivity index (χ4v) is 2.56. The zero-order valence-electron chi connectivity index (χ0n) is 12.5. The maximum Gasteiger partial charge on any atom is 0.240 e. The Morgan fingerprint density at radius 3 is 2.73 bits per heavy atom. The van der Waals surface area contributed by atoms with E-state index in [9.17, 15) is 12.8 Å². The van der Waals surface area contributed by atoms with E-state index in [0.29, 0.717) is 31.0 Å². The second-order valence-electron chi connectivity index (χ2n) is 5.25. The van der Waals surface area contributed by atoms with Gasteiger partial charge in [0.05, 0.1) is 6.54 Å². The number of likely N-dealkylation sites (N-methyl/N-ethyl adjacent to an activating group) is 1. The molecule has 0 bridgehead atoms. The molecule has 0 spiro atoms. The van der Waals surface area contributed by atoms with E-state index in [4.69, 9.17) is 4.52 Å². The van der Waals surface area contributed by atoms with E-state index < -0.39 is 9.84 Å². The van der Waals surface area contributed by atoms with Crippen LogP contribution in [0.15, 0.2) is 28.8 Å². The number of nitrogens with zero attached hydrogens (tertiary/aromatic N) is 3. The molecule has 0 saturated heterocycles. The third-order valence-electron chi connectivity index (χ3n) is 3.03. The lowest BCUT2D eigenvalue weighted by Gasteiger charge is -2.14. The van der Waals surface area contributed by atoms with Crippen molar-refractivity contribution in [3.05, 3.63) is 47.4 Å². The summed E-state index contributed by atoms with van der Waals surface area (Å²) in [5.41, 5.74) is 0.651. The van der Waals surface area contributed by atoms with Gasteiger partial charge in [0.25, 0.3) is 0 Å². The highest BCUT2D eigenvalue weighted by Crippen LogP contribution is 2.09. The van der Waals surface area contributed by atoms with Crippen molar-refractivity contribution in [2.45, 2.75) is 18.7 Å². The average molecular weight is 327 g/mol. The second kappa shape index (κ2) is 6.97. The monoisotopic (exact) mass is 327 g/mol. The summed E-state index contributed by atoms with van der Waals surface area (Å²) in [6, 6.07) is 6.64. The van der Waals surface area contributed by atoms with Gasteiger partial charge in [0.1, 0.15) is 11.6 Å². The van der Waals surface area contributed by atoms with Crippen molar-refractivity contribution in [1.29, 1.82) is 0 Å². The van der Waals surface area contributed by atoms with Crippen molar-refractivity contribution in [1.82, 2.24) is 15.0 Å². The lowest BCUT2D eigenvalue weighted by molar-refractivity contribution is 0.268. The summed E-state index contributed by atoms with van der Waals surface area (Å²) in [6.45, 7) is 0.996. The van der Waals surface area contributed by atoms with Crippen molar-refractivity contribution < 1.29 is 17.3 Å². The minimum Gasteiger partial charge on any atom is -0.338 e. The lowest BCUT2D eigenvalue weighted by Crippen LogP contribution is -2.21. The molecule has 0 fully saturated rings. The molecule has 0 unspecified atom stereocenters. The van der Waals surface area contributed by atoms with Crippen LogP contribution in [0, 0.1) is 5.82 Å². The van der Waals surface area contributed by atoms with E-state index in [1.54, 1.807) is 18.2 Å². The molecule has 0 aliphatic carbocycles. The van der Waals surface area contributed by atoms with Gasteiger partial charge in [-0.05, 0) is 25.1 Å². The summed E-state index contributed by atoms with van der Waals surface area (Å²) < 4.78 is 40.8. The quantitative estimate of drug-likeness (QED) is 0.766. The molecule has 0 atom stereocenters. The Hall–Kier alpha value is -1.80. The maximum atomic E-state index is 13.5. The van der Waals surface area contributed by atoms with Crippen LogP contribution < -0.4 is 0 Å². The molecule has 8 heteroatoms. The van der Waals surface area contributed by atoms with Crippen molar-refractivity contribution >= 4 is 9.84 Å². The topological polar surface area (TPSA) is 76.3 Å². The van der Waals surface area contributed by atoms with Crippen molar-refractivity contribution in [3.8, 4) is 0 Å². The largest absolute Gasteiger partial charge is 0.338 e. The van der Waals surface area contributed by atoms with Gasteiger partial charge in [-0.15, -0.1) is 0 Å². The van der Waals surface area contributed by atoms with Crippen LogP contribution in [0.4, 0.5) is 4.39 Å². The number of benzene rings is 1. The molecule has 1 aromatic carbocycles. The molecule has 1 aromatic heterocycles. The van der Waals surface area contributed by atoms with Crippen molar-refractivity contribution in [3.63, 3.8) is 0 Å². The van der Waals surface area contributed by atoms with Gasteiger partial charge in [-0.3, -0.25) is 4.90 Å². The highest BCUT2D eigenvalue weighted by molar-refractivity contribution is 7.89. The molecule has 1 heterocycles. The summed E-state index contributed by atoms with van der Waals surface area (Å²) in [6.07, 6.45) is 1.68. The number of hydrogen-bond acceptors (Lipinski definition) is 6. The molecule has 22 heavy (non-hydrogen) atoms. The Bertz CT molecular complexity index is 730. The SMILES string of the molecule is CN(CCc1ccccc1F)Cc1nc(CS(C)(=O)=O)no1. The molecule has 120 valence electrons. The Kier molecular flexibility index (Phi) is 5.25. The van der Waals surface area contributed by atoms with E-state index in [1.165, 1.54) is 6.07 Å². The number of halogens is 1. The van der Waals surface area contributed by atoms with Gasteiger partial charge in [0.2, 0.25) is 5.89 Å². The van der Waals surface area contributed by atoms with Crippen molar-refractivity contribution in [2.75, 3.05) is 19.8 Å². The zero-order chi connectivity index (χ0) is 16.2. The summed E-state index contributed by atoms with van der Waals surface area (Å²) >= 11 is 0. The summed E-state index contributed by atoms with van der Waals surface area (Å²) in [4.78, 5) is 5.94. The van der Waals surface area contributed by atoms with Crippen LogP contribution >= 0.6 is 0 Å². The standard InChI is InChI=1S/C14H18FN3O3S/c1-18(8-7-11-5-3-4-6-12(11)15)9-14-16-13(17-21-14)10-22(2,19)20/h3-6H,7-10H2,1-2H3. The predicted molar refractivity (Wildman–Crippen MR) is 79.3 cm³/mol. The smallest absolute Gasteiger partial charge is 0.240 e. The molecule has 0 radical (unpaired) electrons. The minimum absolute atomic E-state index is 0.153. The van der Waals surface area contributed by atoms with Crippen LogP contribution in [0.25, 0.3) is 0 Å². The summed E-state index contributed by atoms with van der Waals surface area (Å²) in [7, 11) is -1.34. The molecule has 2 aromatic rings. The molecule has 0 N–H and O–H groups in total. The number of hydrogen-bond donors (Lipinski definition) is 0. The van der Waals surface area contributed by atoms with Gasteiger partial charge in [-0.1, -0.05) is 23.4 Å². The first kappa shape index (κ1) is 16.6. The van der Waals surface area contributed by atoms with Gasteiger partial charge in [0, 0.05) is 12.8 Å². The first-order chi connectivity index (χ1) is 10.3. The fraction of sp³-hybridized carbons (Fsp3) is 0.429. The summed E-state index contributed by atoms with van der Waals surface area (Å²) in [5, 5.41) is 3.64. The molecule has 0 saturated carbocycles. The Labute approximate surface area is 128 Å². The van der Waals surface area contributed by atoms with E-state index in [1.807, 2.05) is 11.9 Å². The lowest BCUT2D eigenvalue weighted by atomic mass is 10.1. The van der Waals surface area contributed by atoms with Crippen LogP contribution in [0.3, 0.4) is 0 Å². The Morgan fingerprint density at radius 2 is 2.05 bits per heavy atom. The fourth-order valence-electron chi connectivity index (χ4n) is 1.97. The molecule has 0 aliphatic rings. The van der Waals surface area contributed by atoms with Gasteiger partial charge < -0.3 is 4.52 Å². The number of aromatic nitrogens is 2. The Morgan fingerprint density at radius 1 is 1.32 bits per heavy atom. The summed E-state index contributed by atoms with van der Waals surface area (Å²) in [5.74, 6) is 0.0360. The second-order valence-corrected chi connectivity index (χ2v) is 7.39. The first-order valence-electron chi connectivity index (χ1n) is 6.74. The molecule has 6 nitrogen and oxygen atoms in total. The minimum atomic E-state index is -3.18.